The molecule has 2 aromatic heterocycles. The maximum absolute atomic E-state index is 5.46. The number of nitrogens with two attached hydrogens (primary N) is 1. The number of nitrogens with zero attached hydrogens (tertiary/aromatic N) is 1. The number of hydrogen-bond acceptors (Lipinski definition) is 2. The molecule has 56 valence electrons. The monoisotopic (exact) mass is 147 g/mol. The summed E-state index contributed by atoms with van der Waals surface area (Å²) in [7, 11) is 0. The Hall–Kier alpha value is -1.35. The molecular weight excluding hydrogens is 138 g/mol. The van der Waals surface area contributed by atoms with Gasteiger partial charge < -0.3 is 10.7 Å². The van der Waals surface area contributed by atoms with E-state index in [9.17, 15) is 0 Å². The van der Waals surface area contributed by atoms with E-state index in [1.54, 1.807) is 6.20 Å². The van der Waals surface area contributed by atoms with E-state index in [0.717, 1.165) is 16.6 Å². The number of rotatable bonds is 1. The van der Waals surface area contributed by atoms with E-state index in [1.807, 2.05) is 18.3 Å². The zero-order valence-electron chi connectivity index (χ0n) is 6.04. The van der Waals surface area contributed by atoms with Crippen LogP contribution < -0.4 is 5.73 Å². The van der Waals surface area contributed by atoms with Gasteiger partial charge in [0.2, 0.25) is 0 Å². The van der Waals surface area contributed by atoms with Crippen molar-refractivity contribution in [2.24, 2.45) is 5.73 Å². The molecule has 0 aliphatic heterocycles. The van der Waals surface area contributed by atoms with E-state index in [2.05, 4.69) is 9.97 Å². The highest BCUT2D eigenvalue weighted by Crippen LogP contribution is 2.09. The van der Waals surface area contributed by atoms with E-state index in [1.165, 1.54) is 0 Å². The second kappa shape index (κ2) is 2.36. The summed E-state index contributed by atoms with van der Waals surface area (Å²) < 4.78 is 0. The lowest BCUT2D eigenvalue weighted by molar-refractivity contribution is 1.06. The fourth-order valence-electron chi connectivity index (χ4n) is 1.09. The summed E-state index contributed by atoms with van der Waals surface area (Å²) in [5.41, 5.74) is 8.55. The van der Waals surface area contributed by atoms with Crippen molar-refractivity contribution in [3.05, 3.63) is 30.1 Å². The summed E-state index contributed by atoms with van der Waals surface area (Å²) in [6, 6.07) is 3.96. The second-order valence-corrected chi connectivity index (χ2v) is 2.46. The van der Waals surface area contributed by atoms with Crippen LogP contribution in [0.4, 0.5) is 0 Å². The quantitative estimate of drug-likeness (QED) is 0.632. The van der Waals surface area contributed by atoms with Crippen LogP contribution in [0.3, 0.4) is 0 Å². The molecule has 0 amide bonds. The Labute approximate surface area is 64.2 Å². The van der Waals surface area contributed by atoms with E-state index in [-0.39, 0.29) is 0 Å². The Kier molecular flexibility index (Phi) is 1.36. The van der Waals surface area contributed by atoms with E-state index in [0.29, 0.717) is 6.54 Å². The van der Waals surface area contributed by atoms with Crippen molar-refractivity contribution in [3.63, 3.8) is 0 Å². The highest BCUT2D eigenvalue weighted by atomic mass is 14.8. The van der Waals surface area contributed by atoms with Gasteiger partial charge in [0.05, 0.1) is 11.0 Å². The fraction of sp³-hybridized carbons (Fsp3) is 0.125. The van der Waals surface area contributed by atoms with Crippen molar-refractivity contribution in [1.29, 1.82) is 0 Å². The Morgan fingerprint density at radius 3 is 3.27 bits per heavy atom. The molecule has 0 spiro atoms. The van der Waals surface area contributed by atoms with Gasteiger partial charge in [-0.1, -0.05) is 0 Å². The zero-order valence-corrected chi connectivity index (χ0v) is 6.04. The number of pyridine rings is 1. The SMILES string of the molecule is NCc1cnc2cc[nH]c2c1. The maximum atomic E-state index is 5.46. The predicted octanol–water partition coefficient (Wildman–Crippen LogP) is 1.02. The van der Waals surface area contributed by atoms with E-state index in [4.69, 9.17) is 5.73 Å². The average molecular weight is 147 g/mol. The van der Waals surface area contributed by atoms with Crippen molar-refractivity contribution in [2.75, 3.05) is 0 Å². The zero-order chi connectivity index (χ0) is 7.68. The molecule has 0 bridgehead atoms. The first-order chi connectivity index (χ1) is 5.40. The molecule has 0 aromatic carbocycles. The van der Waals surface area contributed by atoms with Crippen LogP contribution in [0.15, 0.2) is 24.5 Å². The third-order valence-electron chi connectivity index (χ3n) is 1.69. The summed E-state index contributed by atoms with van der Waals surface area (Å²) >= 11 is 0. The number of hydrogen-bond donors (Lipinski definition) is 2. The van der Waals surface area contributed by atoms with Crippen molar-refractivity contribution in [3.8, 4) is 0 Å². The molecule has 0 fully saturated rings. The van der Waals surface area contributed by atoms with Gasteiger partial charge >= 0.3 is 0 Å². The minimum Gasteiger partial charge on any atom is -0.360 e. The number of aromatic nitrogens is 2. The predicted molar refractivity (Wildman–Crippen MR) is 44.0 cm³/mol. The van der Waals surface area contributed by atoms with Gasteiger partial charge in [-0.25, -0.2) is 0 Å². The number of H-pyrrole nitrogens is 1. The van der Waals surface area contributed by atoms with Crippen LogP contribution in [0, 0.1) is 0 Å². The maximum Gasteiger partial charge on any atom is 0.0878 e. The minimum absolute atomic E-state index is 0.544. The lowest BCUT2D eigenvalue weighted by Gasteiger charge is -1.94. The molecule has 11 heavy (non-hydrogen) atoms. The lowest BCUT2D eigenvalue weighted by Crippen LogP contribution is -1.96. The number of nitrogens with one attached hydrogen (secondary N) is 1. The summed E-state index contributed by atoms with van der Waals surface area (Å²) in [4.78, 5) is 7.28. The molecule has 3 nitrogen and oxygen atoms in total. The van der Waals surface area contributed by atoms with Gasteiger partial charge in [0.25, 0.3) is 0 Å². The van der Waals surface area contributed by atoms with Gasteiger partial charge in [0.15, 0.2) is 0 Å². The van der Waals surface area contributed by atoms with Gasteiger partial charge in [0, 0.05) is 18.9 Å². The average Bonchev–Trinajstić information content (AvgIpc) is 2.50. The standard InChI is InChI=1S/C8H9N3/c9-4-6-3-8-7(11-5-6)1-2-10-8/h1-3,5,10H,4,9H2. The molecule has 2 heterocycles. The van der Waals surface area contributed by atoms with Crippen LogP contribution in [0.2, 0.25) is 0 Å². The van der Waals surface area contributed by atoms with Gasteiger partial charge in [0.1, 0.15) is 0 Å². The molecule has 0 aliphatic carbocycles. The minimum atomic E-state index is 0.544. The van der Waals surface area contributed by atoms with Gasteiger partial charge in [-0.3, -0.25) is 4.98 Å². The number of fused-ring (bicyclic) bond motifs is 1. The second-order valence-electron chi connectivity index (χ2n) is 2.46. The van der Waals surface area contributed by atoms with Crippen LogP contribution in [0.1, 0.15) is 5.56 Å². The van der Waals surface area contributed by atoms with Crippen molar-refractivity contribution < 1.29 is 0 Å². The van der Waals surface area contributed by atoms with Gasteiger partial charge in [-0.15, -0.1) is 0 Å². The molecular formula is C8H9N3. The summed E-state index contributed by atoms with van der Waals surface area (Å²) in [6.45, 7) is 0.544. The molecule has 0 atom stereocenters. The Balaban J connectivity index is 2.67. The van der Waals surface area contributed by atoms with Crippen LogP contribution in [-0.4, -0.2) is 9.97 Å². The van der Waals surface area contributed by atoms with Crippen LogP contribution in [-0.2, 0) is 6.54 Å². The summed E-state index contributed by atoms with van der Waals surface area (Å²) in [6.07, 6.45) is 3.67. The highest BCUT2D eigenvalue weighted by Gasteiger charge is 1.95. The van der Waals surface area contributed by atoms with Crippen molar-refractivity contribution in [1.82, 2.24) is 9.97 Å². The molecule has 0 unspecified atom stereocenters. The molecule has 0 aliphatic rings. The molecule has 0 saturated carbocycles. The lowest BCUT2D eigenvalue weighted by atomic mass is 10.2. The van der Waals surface area contributed by atoms with Crippen LogP contribution in [0.25, 0.3) is 11.0 Å². The van der Waals surface area contributed by atoms with Gasteiger partial charge in [-0.2, -0.15) is 0 Å². The molecule has 3 heteroatoms. The topological polar surface area (TPSA) is 54.7 Å². The molecule has 0 radical (unpaired) electrons. The first kappa shape index (κ1) is 6.37. The number of aromatic amines is 1. The molecule has 3 N–H and O–H groups in total. The van der Waals surface area contributed by atoms with Gasteiger partial charge in [-0.05, 0) is 17.7 Å². The third kappa shape index (κ3) is 0.991. The first-order valence-corrected chi connectivity index (χ1v) is 3.52. The smallest absolute Gasteiger partial charge is 0.0878 e. The normalized spacial score (nSPS) is 10.6. The van der Waals surface area contributed by atoms with Crippen LogP contribution >= 0.6 is 0 Å². The first-order valence-electron chi connectivity index (χ1n) is 3.52. The largest absolute Gasteiger partial charge is 0.360 e. The third-order valence-corrected chi connectivity index (χ3v) is 1.69. The Morgan fingerprint density at radius 2 is 2.45 bits per heavy atom. The molecule has 2 rings (SSSR count). The van der Waals surface area contributed by atoms with E-state index >= 15 is 0 Å². The van der Waals surface area contributed by atoms with Crippen molar-refractivity contribution in [2.45, 2.75) is 6.54 Å². The Morgan fingerprint density at radius 1 is 1.55 bits per heavy atom. The van der Waals surface area contributed by atoms with Crippen LogP contribution in [0.5, 0.6) is 0 Å². The summed E-state index contributed by atoms with van der Waals surface area (Å²) in [5, 5.41) is 0. The summed E-state index contributed by atoms with van der Waals surface area (Å²) in [5.74, 6) is 0. The van der Waals surface area contributed by atoms with E-state index < -0.39 is 0 Å². The molecule has 0 saturated heterocycles. The highest BCUT2D eigenvalue weighted by molar-refractivity contribution is 5.74. The fourth-order valence-corrected chi connectivity index (χ4v) is 1.09. The van der Waals surface area contributed by atoms with Crippen molar-refractivity contribution >= 4 is 11.0 Å². The molecule has 2 aromatic rings. The Bertz CT molecular complexity index is 364.